The molecule has 35 heavy (non-hydrogen) atoms. The van der Waals surface area contributed by atoms with E-state index in [2.05, 4.69) is 10.4 Å². The average molecular weight is 473 g/mol. The molecule has 0 fully saturated rings. The SMILES string of the molecule is CC(C(=O)NC1CCCc2c1cnn2Cc1ccccc1)N1C(=O)c2cccc([N+](=O)[O-])c2C1=O. The van der Waals surface area contributed by atoms with Gasteiger partial charge in [0.15, 0.2) is 0 Å². The molecule has 2 unspecified atom stereocenters. The maximum Gasteiger partial charge on any atom is 0.282 e. The Bertz CT molecular complexity index is 1350. The number of rotatable bonds is 6. The molecule has 10 nitrogen and oxygen atoms in total. The fourth-order valence-corrected chi connectivity index (χ4v) is 4.86. The lowest BCUT2D eigenvalue weighted by molar-refractivity contribution is -0.385. The molecule has 2 aliphatic rings. The molecule has 1 aromatic heterocycles. The van der Waals surface area contributed by atoms with Crippen molar-refractivity contribution in [2.45, 2.75) is 44.8 Å². The van der Waals surface area contributed by atoms with Crippen molar-refractivity contribution in [1.29, 1.82) is 0 Å². The van der Waals surface area contributed by atoms with Crippen molar-refractivity contribution in [1.82, 2.24) is 20.0 Å². The zero-order valence-corrected chi connectivity index (χ0v) is 19.0. The highest BCUT2D eigenvalue weighted by atomic mass is 16.6. The highest BCUT2D eigenvalue weighted by molar-refractivity contribution is 6.24. The maximum absolute atomic E-state index is 13.1. The molecule has 0 saturated carbocycles. The molecular formula is C25H23N5O5. The number of benzene rings is 2. The molecular weight excluding hydrogens is 450 g/mol. The number of nitrogens with zero attached hydrogens (tertiary/aromatic N) is 4. The average Bonchev–Trinajstić information content (AvgIpc) is 3.38. The minimum atomic E-state index is -1.13. The molecule has 2 heterocycles. The highest BCUT2D eigenvalue weighted by Gasteiger charge is 2.45. The first-order valence-electron chi connectivity index (χ1n) is 11.4. The molecule has 5 rings (SSSR count). The van der Waals surface area contributed by atoms with Crippen LogP contribution in [0.2, 0.25) is 0 Å². The summed E-state index contributed by atoms with van der Waals surface area (Å²) in [5.41, 5.74) is 2.31. The monoisotopic (exact) mass is 473 g/mol. The summed E-state index contributed by atoms with van der Waals surface area (Å²) in [6, 6.07) is 12.4. The first-order chi connectivity index (χ1) is 16.9. The first-order valence-corrected chi connectivity index (χ1v) is 11.4. The zero-order valence-electron chi connectivity index (χ0n) is 19.0. The van der Waals surface area contributed by atoms with E-state index < -0.39 is 34.4 Å². The second-order valence-corrected chi connectivity index (χ2v) is 8.76. The van der Waals surface area contributed by atoms with E-state index in [4.69, 9.17) is 0 Å². The summed E-state index contributed by atoms with van der Waals surface area (Å²) in [6.07, 6.45) is 4.16. The third-order valence-corrected chi connectivity index (χ3v) is 6.64. The molecule has 1 N–H and O–H groups in total. The molecule has 1 aliphatic heterocycles. The van der Waals surface area contributed by atoms with Crippen LogP contribution >= 0.6 is 0 Å². The van der Waals surface area contributed by atoms with Crippen molar-refractivity contribution >= 4 is 23.4 Å². The third-order valence-electron chi connectivity index (χ3n) is 6.64. The van der Waals surface area contributed by atoms with E-state index in [9.17, 15) is 24.5 Å². The van der Waals surface area contributed by atoms with Crippen LogP contribution in [0.4, 0.5) is 5.69 Å². The number of nitro benzene ring substituents is 1. The molecule has 2 aromatic carbocycles. The Hall–Kier alpha value is -4.34. The Labute approximate surface area is 200 Å². The Balaban J connectivity index is 1.34. The van der Waals surface area contributed by atoms with E-state index in [1.807, 2.05) is 35.0 Å². The van der Waals surface area contributed by atoms with Gasteiger partial charge in [-0.15, -0.1) is 0 Å². The molecule has 1 aliphatic carbocycles. The normalized spacial score (nSPS) is 17.6. The number of aromatic nitrogens is 2. The molecule has 178 valence electrons. The zero-order chi connectivity index (χ0) is 24.7. The van der Waals surface area contributed by atoms with Crippen molar-refractivity contribution in [2.24, 2.45) is 0 Å². The van der Waals surface area contributed by atoms with Gasteiger partial charge in [0.25, 0.3) is 17.5 Å². The Morgan fingerprint density at radius 3 is 2.69 bits per heavy atom. The van der Waals surface area contributed by atoms with Gasteiger partial charge >= 0.3 is 0 Å². The number of hydrogen-bond acceptors (Lipinski definition) is 6. The lowest BCUT2D eigenvalue weighted by atomic mass is 9.92. The van der Waals surface area contributed by atoms with E-state index >= 15 is 0 Å². The largest absolute Gasteiger partial charge is 0.347 e. The number of hydrogen-bond donors (Lipinski definition) is 1. The quantitative estimate of drug-likeness (QED) is 0.333. The van der Waals surface area contributed by atoms with Crippen LogP contribution in [0.15, 0.2) is 54.7 Å². The van der Waals surface area contributed by atoms with Crippen LogP contribution in [-0.4, -0.2) is 43.4 Å². The number of carbonyl (C=O) groups excluding carboxylic acids is 3. The highest BCUT2D eigenvalue weighted by Crippen LogP contribution is 2.33. The van der Waals surface area contributed by atoms with Gasteiger partial charge in [0.05, 0.1) is 29.3 Å². The number of nitro groups is 1. The van der Waals surface area contributed by atoms with Crippen LogP contribution in [0.3, 0.4) is 0 Å². The van der Waals surface area contributed by atoms with Crippen molar-refractivity contribution in [3.63, 3.8) is 0 Å². The van der Waals surface area contributed by atoms with E-state index in [1.54, 1.807) is 6.20 Å². The van der Waals surface area contributed by atoms with Crippen LogP contribution in [0.25, 0.3) is 0 Å². The van der Waals surface area contributed by atoms with E-state index in [1.165, 1.54) is 25.1 Å². The Kier molecular flexibility index (Phi) is 5.64. The maximum atomic E-state index is 13.1. The fourth-order valence-electron chi connectivity index (χ4n) is 4.86. The molecule has 2 atom stereocenters. The Morgan fingerprint density at radius 1 is 1.17 bits per heavy atom. The molecule has 3 aromatic rings. The van der Waals surface area contributed by atoms with Gasteiger partial charge in [-0.05, 0) is 37.8 Å². The van der Waals surface area contributed by atoms with Gasteiger partial charge in [-0.3, -0.25) is 34.1 Å². The summed E-state index contributed by atoms with van der Waals surface area (Å²) >= 11 is 0. The molecule has 0 bridgehead atoms. The predicted octanol–water partition coefficient (Wildman–Crippen LogP) is 3.02. The molecule has 3 amide bonds. The first kappa shape index (κ1) is 22.5. The van der Waals surface area contributed by atoms with E-state index in [0.29, 0.717) is 13.0 Å². The molecule has 0 radical (unpaired) electrons. The summed E-state index contributed by atoms with van der Waals surface area (Å²) in [5, 5.41) is 18.9. The number of nitrogens with one attached hydrogen (secondary N) is 1. The second-order valence-electron chi connectivity index (χ2n) is 8.76. The molecule has 0 saturated heterocycles. The van der Waals surface area contributed by atoms with Crippen LogP contribution in [-0.2, 0) is 17.8 Å². The minimum absolute atomic E-state index is 0.0639. The van der Waals surface area contributed by atoms with E-state index in [0.717, 1.165) is 34.6 Å². The van der Waals surface area contributed by atoms with Crippen molar-refractivity contribution in [3.8, 4) is 0 Å². The molecule has 10 heteroatoms. The van der Waals surface area contributed by atoms with Crippen LogP contribution < -0.4 is 5.32 Å². The third kappa shape index (κ3) is 3.86. The van der Waals surface area contributed by atoms with Crippen molar-refractivity contribution < 1.29 is 19.3 Å². The number of carbonyl (C=O) groups is 3. The van der Waals surface area contributed by atoms with Crippen LogP contribution in [0.1, 0.15) is 63.3 Å². The summed E-state index contributed by atoms with van der Waals surface area (Å²) < 4.78 is 1.94. The lowest BCUT2D eigenvalue weighted by Gasteiger charge is -2.28. The van der Waals surface area contributed by atoms with Gasteiger partial charge in [-0.2, -0.15) is 5.10 Å². The number of imide groups is 1. The fraction of sp³-hybridized carbons (Fsp3) is 0.280. The van der Waals surface area contributed by atoms with Gasteiger partial charge in [-0.25, -0.2) is 0 Å². The smallest absolute Gasteiger partial charge is 0.282 e. The molecule has 0 spiro atoms. The van der Waals surface area contributed by atoms with Crippen LogP contribution in [0.5, 0.6) is 0 Å². The predicted molar refractivity (Wildman–Crippen MR) is 125 cm³/mol. The standard InChI is InChI=1S/C25H23N5O5/c1-15(29-24(32)17-9-5-12-21(30(34)35)22(17)25(29)33)23(31)27-19-10-6-11-20-18(19)13-26-28(20)14-16-7-3-2-4-8-16/h2-5,7-9,12-13,15,19H,6,10-11,14H2,1H3,(H,27,31). The number of fused-ring (bicyclic) bond motifs is 2. The lowest BCUT2D eigenvalue weighted by Crippen LogP contribution is -2.48. The number of amides is 3. The second kappa shape index (κ2) is 8.79. The van der Waals surface area contributed by atoms with Crippen molar-refractivity contribution in [3.05, 3.63) is 92.8 Å². The van der Waals surface area contributed by atoms with Gasteiger partial charge in [0.2, 0.25) is 5.91 Å². The summed E-state index contributed by atoms with van der Waals surface area (Å²) in [6.45, 7) is 2.08. The van der Waals surface area contributed by atoms with Gasteiger partial charge in [0, 0.05) is 17.3 Å². The van der Waals surface area contributed by atoms with Crippen molar-refractivity contribution in [2.75, 3.05) is 0 Å². The Morgan fingerprint density at radius 2 is 1.94 bits per heavy atom. The van der Waals surface area contributed by atoms with Gasteiger partial charge < -0.3 is 5.32 Å². The van der Waals surface area contributed by atoms with Crippen LogP contribution in [0, 0.1) is 10.1 Å². The summed E-state index contributed by atoms with van der Waals surface area (Å²) in [4.78, 5) is 50.4. The topological polar surface area (TPSA) is 127 Å². The van der Waals surface area contributed by atoms with E-state index in [-0.39, 0.29) is 17.2 Å². The summed E-state index contributed by atoms with van der Waals surface area (Å²) in [5.74, 6) is -2.05. The van der Waals surface area contributed by atoms with Gasteiger partial charge in [-0.1, -0.05) is 36.4 Å². The van der Waals surface area contributed by atoms with Gasteiger partial charge in [0.1, 0.15) is 11.6 Å². The minimum Gasteiger partial charge on any atom is -0.347 e. The summed E-state index contributed by atoms with van der Waals surface area (Å²) in [7, 11) is 0.